The number of benzene rings is 2. The standard InChI is InChI=1S/C22H24N4O2/c27-22(23-16-19-12-7-15-28-19)21-24-20(14-13-17-8-3-1-4-9-17)26(25-21)18-10-5-2-6-11-18/h1-6,8-11,19H,7,12-16H2,(H,23,27). The lowest BCUT2D eigenvalue weighted by Crippen LogP contribution is -2.32. The lowest BCUT2D eigenvalue weighted by atomic mass is 10.1. The van der Waals surface area contributed by atoms with Crippen LogP contribution in [0.1, 0.15) is 34.8 Å². The molecule has 1 fully saturated rings. The van der Waals surface area contributed by atoms with Gasteiger partial charge in [-0.05, 0) is 37.0 Å². The Balaban J connectivity index is 1.52. The topological polar surface area (TPSA) is 69.0 Å². The Morgan fingerprint density at radius 2 is 1.82 bits per heavy atom. The number of nitrogens with zero attached hydrogens (tertiary/aromatic N) is 3. The second-order valence-corrected chi connectivity index (χ2v) is 6.93. The van der Waals surface area contributed by atoms with E-state index in [1.165, 1.54) is 5.56 Å². The summed E-state index contributed by atoms with van der Waals surface area (Å²) >= 11 is 0. The molecule has 3 aromatic rings. The van der Waals surface area contributed by atoms with Crippen molar-refractivity contribution in [2.24, 2.45) is 0 Å². The van der Waals surface area contributed by atoms with Gasteiger partial charge in [0.1, 0.15) is 5.82 Å². The van der Waals surface area contributed by atoms with E-state index in [0.717, 1.165) is 37.4 Å². The van der Waals surface area contributed by atoms with Crippen molar-refractivity contribution in [1.82, 2.24) is 20.1 Å². The van der Waals surface area contributed by atoms with Crippen LogP contribution in [0.25, 0.3) is 5.69 Å². The van der Waals surface area contributed by atoms with Crippen molar-refractivity contribution in [3.8, 4) is 5.69 Å². The molecule has 1 aliphatic heterocycles. The van der Waals surface area contributed by atoms with Crippen LogP contribution in [0.2, 0.25) is 0 Å². The van der Waals surface area contributed by atoms with Crippen LogP contribution in [0.5, 0.6) is 0 Å². The summed E-state index contributed by atoms with van der Waals surface area (Å²) < 4.78 is 7.33. The fraction of sp³-hybridized carbons (Fsp3) is 0.318. The summed E-state index contributed by atoms with van der Waals surface area (Å²) in [6, 6.07) is 20.1. The average Bonchev–Trinajstić information content (AvgIpc) is 3.42. The number of hydrogen-bond donors (Lipinski definition) is 1. The van der Waals surface area contributed by atoms with Crippen molar-refractivity contribution < 1.29 is 9.53 Å². The first-order chi connectivity index (χ1) is 13.8. The summed E-state index contributed by atoms with van der Waals surface area (Å²) in [5.41, 5.74) is 2.13. The molecular weight excluding hydrogens is 352 g/mol. The highest BCUT2D eigenvalue weighted by molar-refractivity contribution is 5.90. The van der Waals surface area contributed by atoms with Crippen LogP contribution in [0.4, 0.5) is 0 Å². The first kappa shape index (κ1) is 18.4. The fourth-order valence-corrected chi connectivity index (χ4v) is 3.37. The number of carbonyl (C=O) groups is 1. The first-order valence-electron chi connectivity index (χ1n) is 9.75. The Labute approximate surface area is 164 Å². The molecule has 0 radical (unpaired) electrons. The molecule has 2 aromatic carbocycles. The Morgan fingerprint density at radius 3 is 2.54 bits per heavy atom. The van der Waals surface area contributed by atoms with E-state index in [9.17, 15) is 4.79 Å². The zero-order valence-corrected chi connectivity index (χ0v) is 15.8. The van der Waals surface area contributed by atoms with Crippen LogP contribution in [0, 0.1) is 0 Å². The van der Waals surface area contributed by atoms with Crippen molar-refractivity contribution in [3.05, 3.63) is 77.9 Å². The normalized spacial score (nSPS) is 16.2. The molecule has 0 bridgehead atoms. The maximum absolute atomic E-state index is 12.6. The molecule has 0 saturated carbocycles. The minimum Gasteiger partial charge on any atom is -0.376 e. The summed E-state index contributed by atoms with van der Waals surface area (Å²) in [5.74, 6) is 0.716. The highest BCUT2D eigenvalue weighted by Crippen LogP contribution is 2.14. The minimum atomic E-state index is -0.258. The third-order valence-corrected chi connectivity index (χ3v) is 4.87. The van der Waals surface area contributed by atoms with Gasteiger partial charge in [-0.25, -0.2) is 9.67 Å². The highest BCUT2D eigenvalue weighted by atomic mass is 16.5. The molecule has 28 heavy (non-hydrogen) atoms. The van der Waals surface area contributed by atoms with E-state index in [2.05, 4.69) is 27.5 Å². The van der Waals surface area contributed by atoms with E-state index >= 15 is 0 Å². The van der Waals surface area contributed by atoms with E-state index in [0.29, 0.717) is 13.0 Å². The second kappa shape index (κ2) is 8.80. The molecule has 0 spiro atoms. The number of carbonyl (C=O) groups excluding carboxylic acids is 1. The summed E-state index contributed by atoms with van der Waals surface area (Å²) in [5, 5.41) is 7.40. The Hall–Kier alpha value is -2.99. The molecule has 1 aliphatic rings. The Bertz CT molecular complexity index is 903. The molecule has 144 valence electrons. The first-order valence-corrected chi connectivity index (χ1v) is 9.75. The van der Waals surface area contributed by atoms with Gasteiger partial charge in [0.2, 0.25) is 5.82 Å². The molecule has 1 atom stereocenters. The van der Waals surface area contributed by atoms with E-state index in [1.54, 1.807) is 4.68 Å². The van der Waals surface area contributed by atoms with E-state index in [4.69, 9.17) is 4.74 Å². The number of rotatable bonds is 7. The largest absolute Gasteiger partial charge is 0.376 e. The smallest absolute Gasteiger partial charge is 0.291 e. The van der Waals surface area contributed by atoms with E-state index < -0.39 is 0 Å². The van der Waals surface area contributed by atoms with Crippen molar-refractivity contribution >= 4 is 5.91 Å². The van der Waals surface area contributed by atoms with Gasteiger partial charge in [0, 0.05) is 19.6 Å². The third kappa shape index (κ3) is 4.46. The molecular formula is C22H24N4O2. The molecule has 6 heteroatoms. The van der Waals surface area contributed by atoms with Crippen LogP contribution in [-0.4, -0.2) is 39.9 Å². The number of amides is 1. The van der Waals surface area contributed by atoms with Gasteiger partial charge in [0.15, 0.2) is 0 Å². The highest BCUT2D eigenvalue weighted by Gasteiger charge is 2.20. The van der Waals surface area contributed by atoms with Gasteiger partial charge in [-0.3, -0.25) is 4.79 Å². The molecule has 1 amide bonds. The van der Waals surface area contributed by atoms with Crippen LogP contribution >= 0.6 is 0 Å². The van der Waals surface area contributed by atoms with Crippen molar-refractivity contribution in [1.29, 1.82) is 0 Å². The zero-order valence-electron chi connectivity index (χ0n) is 15.8. The molecule has 1 unspecified atom stereocenters. The summed E-state index contributed by atoms with van der Waals surface area (Å²) in [7, 11) is 0. The molecule has 1 N–H and O–H groups in total. The Kier molecular flexibility index (Phi) is 5.77. The van der Waals surface area contributed by atoms with Crippen LogP contribution in [0.3, 0.4) is 0 Å². The molecule has 1 aromatic heterocycles. The van der Waals surface area contributed by atoms with Gasteiger partial charge in [-0.2, -0.15) is 0 Å². The predicted molar refractivity (Wildman–Crippen MR) is 107 cm³/mol. The van der Waals surface area contributed by atoms with Gasteiger partial charge in [0.05, 0.1) is 11.8 Å². The summed E-state index contributed by atoms with van der Waals surface area (Å²) in [6.45, 7) is 1.27. The van der Waals surface area contributed by atoms with Crippen molar-refractivity contribution in [2.75, 3.05) is 13.2 Å². The minimum absolute atomic E-state index is 0.0951. The van der Waals surface area contributed by atoms with E-state index in [-0.39, 0.29) is 17.8 Å². The van der Waals surface area contributed by atoms with Gasteiger partial charge in [-0.15, -0.1) is 5.10 Å². The Morgan fingerprint density at radius 1 is 1.07 bits per heavy atom. The number of aryl methyl sites for hydroxylation is 2. The maximum Gasteiger partial charge on any atom is 0.291 e. The number of para-hydroxylation sites is 1. The molecule has 1 saturated heterocycles. The molecule has 6 nitrogen and oxygen atoms in total. The lowest BCUT2D eigenvalue weighted by molar-refractivity contribution is 0.0849. The zero-order chi connectivity index (χ0) is 19.2. The third-order valence-electron chi connectivity index (χ3n) is 4.87. The van der Waals surface area contributed by atoms with Crippen LogP contribution < -0.4 is 5.32 Å². The van der Waals surface area contributed by atoms with Crippen molar-refractivity contribution in [2.45, 2.75) is 31.8 Å². The van der Waals surface area contributed by atoms with Gasteiger partial charge in [-0.1, -0.05) is 48.5 Å². The SMILES string of the molecule is O=C(NCC1CCCO1)c1nc(CCc2ccccc2)n(-c2ccccc2)n1. The number of hydrogen-bond acceptors (Lipinski definition) is 4. The number of aromatic nitrogens is 3. The van der Waals surface area contributed by atoms with Gasteiger partial charge < -0.3 is 10.1 Å². The van der Waals surface area contributed by atoms with Crippen LogP contribution in [-0.2, 0) is 17.6 Å². The van der Waals surface area contributed by atoms with Gasteiger partial charge >= 0.3 is 0 Å². The summed E-state index contributed by atoms with van der Waals surface area (Å²) in [4.78, 5) is 17.1. The number of ether oxygens (including phenoxy) is 1. The molecule has 4 rings (SSSR count). The summed E-state index contributed by atoms with van der Waals surface area (Å²) in [6.07, 6.45) is 3.66. The lowest BCUT2D eigenvalue weighted by Gasteiger charge is -2.08. The van der Waals surface area contributed by atoms with Crippen LogP contribution in [0.15, 0.2) is 60.7 Å². The molecule has 0 aliphatic carbocycles. The molecule has 2 heterocycles. The quantitative estimate of drug-likeness (QED) is 0.688. The van der Waals surface area contributed by atoms with Crippen molar-refractivity contribution in [3.63, 3.8) is 0 Å². The maximum atomic E-state index is 12.6. The fourth-order valence-electron chi connectivity index (χ4n) is 3.37. The monoisotopic (exact) mass is 376 g/mol. The van der Waals surface area contributed by atoms with E-state index in [1.807, 2.05) is 48.5 Å². The van der Waals surface area contributed by atoms with Gasteiger partial charge in [0.25, 0.3) is 5.91 Å². The average molecular weight is 376 g/mol. The predicted octanol–water partition coefficient (Wildman–Crippen LogP) is 2.96. The number of nitrogens with one attached hydrogen (secondary N) is 1. The second-order valence-electron chi connectivity index (χ2n) is 6.93.